The summed E-state index contributed by atoms with van der Waals surface area (Å²) in [5.74, 6) is 1.79. The number of para-hydroxylation sites is 4. The molecule has 0 aliphatic carbocycles. The first kappa shape index (κ1) is 53.0. The van der Waals surface area contributed by atoms with Crippen molar-refractivity contribution in [2.75, 3.05) is 0 Å². The molecule has 0 unspecified atom stereocenters. The maximum atomic E-state index is 12.7. The molecular weight excluding hydrogens is 945 g/mol. The van der Waals surface area contributed by atoms with Crippen molar-refractivity contribution in [2.24, 2.45) is 10.8 Å². The van der Waals surface area contributed by atoms with Crippen molar-refractivity contribution in [3.8, 4) is 56.6 Å². The summed E-state index contributed by atoms with van der Waals surface area (Å²) in [4.78, 5) is 0. The minimum atomic E-state index is -0.288. The highest BCUT2D eigenvalue weighted by Crippen LogP contribution is 2.49. The van der Waals surface area contributed by atoms with Gasteiger partial charge in [0.2, 0.25) is 0 Å². The SMILES string of the molecule is Cc1cc(-c2cc(C(C)(C)CC(C)(C)C)ccc2O[C@H](C)C[C@H](C)Oc2ccc(C(C)(C)CC(C)(C)C)cc2-c2cc(C)cc(-n3c4ccccc4c4ccccc43)c2O)c(O)c(-n2c3ccccc3c3ccccc32)c1. The number of phenolic OH excluding ortho intramolecular Hbond substituents is 2. The van der Waals surface area contributed by atoms with E-state index < -0.39 is 0 Å². The molecule has 2 N–H and O–H groups in total. The predicted molar refractivity (Wildman–Crippen MR) is 324 cm³/mol. The van der Waals surface area contributed by atoms with Gasteiger partial charge in [-0.15, -0.1) is 0 Å². The molecule has 8 aromatic carbocycles. The lowest BCUT2D eigenvalue weighted by Crippen LogP contribution is -2.25. The van der Waals surface area contributed by atoms with Crippen molar-refractivity contribution in [1.82, 2.24) is 9.13 Å². The van der Waals surface area contributed by atoms with Gasteiger partial charge in [0, 0.05) is 50.2 Å². The van der Waals surface area contributed by atoms with E-state index in [1.807, 2.05) is 0 Å². The second kappa shape index (κ2) is 19.8. The molecular formula is C71H78N2O4. The highest BCUT2D eigenvalue weighted by atomic mass is 16.5. The van der Waals surface area contributed by atoms with E-state index in [9.17, 15) is 10.2 Å². The van der Waals surface area contributed by atoms with Crippen LogP contribution in [0, 0.1) is 24.7 Å². The zero-order valence-corrected chi connectivity index (χ0v) is 47.9. The van der Waals surface area contributed by atoms with Crippen LogP contribution in [0.1, 0.15) is 125 Å². The first-order valence-electron chi connectivity index (χ1n) is 27.6. The number of nitrogens with zero attached hydrogens (tertiary/aromatic N) is 2. The summed E-state index contributed by atoms with van der Waals surface area (Å²) in [5, 5.41) is 30.0. The van der Waals surface area contributed by atoms with E-state index in [2.05, 4.69) is 264 Å². The molecule has 2 heterocycles. The molecule has 0 radical (unpaired) electrons. The molecule has 77 heavy (non-hydrogen) atoms. The highest BCUT2D eigenvalue weighted by Gasteiger charge is 2.32. The summed E-state index contributed by atoms with van der Waals surface area (Å²) in [5.41, 5.74) is 13.0. The summed E-state index contributed by atoms with van der Waals surface area (Å²) in [6.45, 7) is 31.4. The Morgan fingerprint density at radius 1 is 0.403 bits per heavy atom. The predicted octanol–water partition coefficient (Wildman–Crippen LogP) is 19.3. The first-order valence-corrected chi connectivity index (χ1v) is 27.6. The van der Waals surface area contributed by atoms with Gasteiger partial charge in [0.25, 0.3) is 0 Å². The fraction of sp³-hybridized carbons (Fsp3) is 0.324. The maximum Gasteiger partial charge on any atom is 0.147 e. The van der Waals surface area contributed by atoms with Crippen LogP contribution in [0.4, 0.5) is 0 Å². The summed E-state index contributed by atoms with van der Waals surface area (Å²) in [7, 11) is 0. The minimum Gasteiger partial charge on any atom is -0.505 e. The summed E-state index contributed by atoms with van der Waals surface area (Å²) in [6.07, 6.45) is 1.92. The second-order valence-electron chi connectivity index (χ2n) is 25.9. The van der Waals surface area contributed by atoms with Gasteiger partial charge in [0.15, 0.2) is 0 Å². The number of hydrogen-bond acceptors (Lipinski definition) is 4. The molecule has 0 saturated carbocycles. The van der Waals surface area contributed by atoms with Crippen LogP contribution in [0.2, 0.25) is 0 Å². The average molecular weight is 1020 g/mol. The van der Waals surface area contributed by atoms with Crippen molar-refractivity contribution in [2.45, 2.75) is 139 Å². The molecule has 0 saturated heterocycles. The number of benzene rings is 8. The lowest BCUT2D eigenvalue weighted by molar-refractivity contribution is 0.131. The third kappa shape index (κ3) is 10.4. The van der Waals surface area contributed by atoms with E-state index in [4.69, 9.17) is 9.47 Å². The number of aromatic nitrogens is 2. The van der Waals surface area contributed by atoms with Crippen LogP contribution >= 0.6 is 0 Å². The molecule has 10 rings (SSSR count). The van der Waals surface area contributed by atoms with Crippen molar-refractivity contribution in [3.05, 3.63) is 180 Å². The van der Waals surface area contributed by atoms with Crippen LogP contribution in [0.15, 0.2) is 158 Å². The molecule has 0 aliphatic rings. The number of ether oxygens (including phenoxy) is 2. The number of hydrogen-bond donors (Lipinski definition) is 2. The van der Waals surface area contributed by atoms with E-state index in [0.29, 0.717) is 17.9 Å². The topological polar surface area (TPSA) is 68.8 Å². The molecule has 6 nitrogen and oxygen atoms in total. The van der Waals surface area contributed by atoms with Gasteiger partial charge < -0.3 is 28.8 Å². The Morgan fingerprint density at radius 2 is 0.714 bits per heavy atom. The largest absolute Gasteiger partial charge is 0.505 e. The first-order chi connectivity index (χ1) is 36.4. The van der Waals surface area contributed by atoms with Crippen LogP contribution < -0.4 is 9.47 Å². The summed E-state index contributed by atoms with van der Waals surface area (Å²) < 4.78 is 18.6. The molecule has 0 amide bonds. The van der Waals surface area contributed by atoms with Crippen LogP contribution in [-0.2, 0) is 10.8 Å². The number of aryl methyl sites for hydroxylation is 2. The average Bonchev–Trinajstić information content (AvgIpc) is 4.03. The number of aromatic hydroxyl groups is 2. The van der Waals surface area contributed by atoms with Crippen molar-refractivity contribution >= 4 is 43.6 Å². The molecule has 10 aromatic rings. The fourth-order valence-electron chi connectivity index (χ4n) is 13.0. The summed E-state index contributed by atoms with van der Waals surface area (Å²) in [6, 6.07) is 55.1. The number of fused-ring (bicyclic) bond motifs is 6. The Hall–Kier alpha value is -7.44. The van der Waals surface area contributed by atoms with Gasteiger partial charge in [-0.1, -0.05) is 154 Å². The van der Waals surface area contributed by atoms with Crippen LogP contribution in [0.25, 0.3) is 77.2 Å². The van der Waals surface area contributed by atoms with Crippen LogP contribution in [-0.4, -0.2) is 31.6 Å². The third-order valence-electron chi connectivity index (χ3n) is 15.5. The minimum absolute atomic E-state index is 0.0915. The standard InChI is InChI=1S/C71H78N2O4/c1-44-35-56(66(74)62(37-44)72-58-27-19-15-23-50(58)51-24-16-20-28-59(51)72)54-40-48(70(11,12)42-68(5,6)7)31-33-64(54)76-46(3)39-47(4)77-65-34-32-49(71(13,14)43-69(8,9)10)41-55(65)57-36-45(2)38-63(67(57)75)73-60-29-21-17-25-52(60)53-26-18-22-30-61(53)73/h15-38,40-41,46-47,74-75H,39,42-43H2,1-14H3/t46-,47+. The van der Waals surface area contributed by atoms with Gasteiger partial charge in [-0.3, -0.25) is 0 Å². The van der Waals surface area contributed by atoms with Crippen molar-refractivity contribution in [3.63, 3.8) is 0 Å². The maximum absolute atomic E-state index is 12.7. The monoisotopic (exact) mass is 1020 g/mol. The fourth-order valence-corrected chi connectivity index (χ4v) is 13.0. The zero-order chi connectivity index (χ0) is 54.9. The molecule has 396 valence electrons. The Balaban J connectivity index is 1.03. The van der Waals surface area contributed by atoms with Gasteiger partial charge in [-0.25, -0.2) is 0 Å². The summed E-state index contributed by atoms with van der Waals surface area (Å²) >= 11 is 0. The number of phenols is 2. The molecule has 0 aliphatic heterocycles. The van der Waals surface area contributed by atoms with E-state index >= 15 is 0 Å². The molecule has 2 aromatic heterocycles. The van der Waals surface area contributed by atoms with Gasteiger partial charge in [-0.2, -0.15) is 0 Å². The Kier molecular flexibility index (Phi) is 13.7. The molecule has 6 heteroatoms. The second-order valence-corrected chi connectivity index (χ2v) is 25.9. The highest BCUT2D eigenvalue weighted by molar-refractivity contribution is 6.10. The molecule has 0 fully saturated rings. The van der Waals surface area contributed by atoms with E-state index in [1.54, 1.807) is 0 Å². The molecule has 0 bridgehead atoms. The van der Waals surface area contributed by atoms with Gasteiger partial charge in [0.1, 0.15) is 23.0 Å². The normalized spacial score (nSPS) is 13.5. The lowest BCUT2D eigenvalue weighted by Gasteiger charge is -2.34. The van der Waals surface area contributed by atoms with Crippen LogP contribution in [0.5, 0.6) is 23.0 Å². The Morgan fingerprint density at radius 3 is 1.03 bits per heavy atom. The molecule has 2 atom stereocenters. The molecule has 0 spiro atoms. The van der Waals surface area contributed by atoms with E-state index in [1.165, 1.54) is 11.1 Å². The number of rotatable bonds is 14. The smallest absolute Gasteiger partial charge is 0.147 e. The van der Waals surface area contributed by atoms with Gasteiger partial charge in [-0.05, 0) is 157 Å². The lowest BCUT2D eigenvalue weighted by atomic mass is 9.72. The van der Waals surface area contributed by atoms with E-state index in [-0.39, 0.29) is 45.4 Å². The third-order valence-corrected chi connectivity index (χ3v) is 15.5. The van der Waals surface area contributed by atoms with Crippen molar-refractivity contribution in [1.29, 1.82) is 0 Å². The van der Waals surface area contributed by atoms with Gasteiger partial charge in [0.05, 0.1) is 45.6 Å². The Bertz CT molecular complexity index is 3490. The zero-order valence-electron chi connectivity index (χ0n) is 47.9. The van der Waals surface area contributed by atoms with E-state index in [0.717, 1.165) is 101 Å². The van der Waals surface area contributed by atoms with Gasteiger partial charge >= 0.3 is 0 Å². The van der Waals surface area contributed by atoms with Crippen LogP contribution in [0.3, 0.4) is 0 Å². The Labute approximate surface area is 456 Å². The quantitative estimate of drug-likeness (QED) is 0.114. The van der Waals surface area contributed by atoms with Crippen molar-refractivity contribution < 1.29 is 19.7 Å².